The first kappa shape index (κ1) is 30.6. The van der Waals surface area contributed by atoms with Crippen LogP contribution in [0.3, 0.4) is 0 Å². The zero-order chi connectivity index (χ0) is 30.8. The molecule has 1 aliphatic heterocycles. The van der Waals surface area contributed by atoms with E-state index in [1.54, 1.807) is 35.2 Å². The van der Waals surface area contributed by atoms with Crippen LogP contribution in [0, 0.1) is 0 Å². The fourth-order valence-corrected chi connectivity index (χ4v) is 7.52. The largest absolute Gasteiger partial charge is 0.350 e. The van der Waals surface area contributed by atoms with Gasteiger partial charge in [-0.1, -0.05) is 78.3 Å². The number of sulfonamides is 1. The van der Waals surface area contributed by atoms with Gasteiger partial charge in [0, 0.05) is 41.9 Å². The highest BCUT2D eigenvalue weighted by molar-refractivity contribution is 7.93. The van der Waals surface area contributed by atoms with Crippen molar-refractivity contribution in [1.29, 1.82) is 0 Å². The molecular weight excluding hydrogens is 582 g/mol. The summed E-state index contributed by atoms with van der Waals surface area (Å²) in [5.41, 5.74) is 1.85. The lowest BCUT2D eigenvalue weighted by molar-refractivity contribution is -0.142. The number of nitrogens with zero attached hydrogens (tertiary/aromatic N) is 2. The average Bonchev–Trinajstić information content (AvgIpc) is 3.17. The Morgan fingerprint density at radius 1 is 0.907 bits per heavy atom. The van der Waals surface area contributed by atoms with Gasteiger partial charge in [0.05, 0.1) is 10.6 Å². The Hall–Kier alpha value is -3.88. The summed E-state index contributed by atoms with van der Waals surface area (Å²) in [4.78, 5) is 29.7. The van der Waals surface area contributed by atoms with Crippen molar-refractivity contribution in [3.63, 3.8) is 0 Å². The molecule has 9 heteroatoms. The molecular formula is C34H36ClN3O4S. The Morgan fingerprint density at radius 2 is 1.58 bits per heavy atom. The molecule has 0 radical (unpaired) electrons. The number of carbonyl (C=O) groups is 2. The van der Waals surface area contributed by atoms with Crippen LogP contribution in [0.2, 0.25) is 5.02 Å². The Kier molecular flexibility index (Phi) is 8.81. The van der Waals surface area contributed by atoms with Gasteiger partial charge in [-0.05, 0) is 68.0 Å². The van der Waals surface area contributed by atoms with E-state index in [2.05, 4.69) is 5.32 Å². The van der Waals surface area contributed by atoms with Gasteiger partial charge in [0.25, 0.3) is 10.0 Å². The van der Waals surface area contributed by atoms with E-state index in [9.17, 15) is 18.0 Å². The van der Waals surface area contributed by atoms with E-state index in [0.29, 0.717) is 22.5 Å². The summed E-state index contributed by atoms with van der Waals surface area (Å²) in [6.07, 6.45) is 0.674. The molecule has 0 saturated carbocycles. The minimum Gasteiger partial charge on any atom is -0.350 e. The molecule has 43 heavy (non-hydrogen) atoms. The maximum Gasteiger partial charge on any atom is 0.265 e. The number of amides is 2. The lowest BCUT2D eigenvalue weighted by Crippen LogP contribution is -2.54. The first-order valence-corrected chi connectivity index (χ1v) is 16.2. The molecule has 0 spiro atoms. The summed E-state index contributed by atoms with van der Waals surface area (Å²) >= 11 is 6.28. The molecule has 1 aliphatic rings. The lowest BCUT2D eigenvalue weighted by Gasteiger charge is -2.34. The van der Waals surface area contributed by atoms with E-state index in [1.807, 2.05) is 81.4 Å². The maximum absolute atomic E-state index is 14.0. The predicted molar refractivity (Wildman–Crippen MR) is 172 cm³/mol. The number of carbonyl (C=O) groups excluding carboxylic acids is 2. The number of halogens is 1. The average molecular weight is 618 g/mol. The fourth-order valence-electron chi connectivity index (χ4n) is 5.56. The Labute approximate surface area is 258 Å². The Morgan fingerprint density at radius 3 is 2.28 bits per heavy atom. The fraction of sp³-hybridized carbons (Fsp3) is 0.294. The van der Waals surface area contributed by atoms with Gasteiger partial charge in [0.15, 0.2) is 0 Å². The van der Waals surface area contributed by atoms with Gasteiger partial charge in [0.1, 0.15) is 6.04 Å². The zero-order valence-corrected chi connectivity index (χ0v) is 26.2. The molecule has 0 unspecified atom stereocenters. The minimum absolute atomic E-state index is 0.0625. The topological polar surface area (TPSA) is 86.8 Å². The first-order valence-electron chi connectivity index (χ1n) is 14.4. The van der Waals surface area contributed by atoms with Crippen LogP contribution in [-0.4, -0.2) is 43.3 Å². The van der Waals surface area contributed by atoms with E-state index in [1.165, 1.54) is 4.31 Å². The molecule has 4 aromatic rings. The standard InChI is InChI=1S/C34H36ClN3O4S/c1-34(2,3)36-33(40)29(22-24-11-5-4-6-12-24)37(23-25-13-7-16-27(35)21-25)31(39)19-10-20-38-28-17-8-14-26-15-9-18-30(32(26)28)43(38,41)42/h4-9,11-18,21,29H,10,19-20,22-23H2,1-3H3,(H,36,40)/t29-/m0/s1. The number of rotatable bonds is 10. The summed E-state index contributed by atoms with van der Waals surface area (Å²) in [7, 11) is -3.73. The predicted octanol–water partition coefficient (Wildman–Crippen LogP) is 6.34. The number of nitrogens with one attached hydrogen (secondary N) is 1. The van der Waals surface area contributed by atoms with E-state index in [4.69, 9.17) is 11.6 Å². The maximum atomic E-state index is 14.0. The van der Waals surface area contributed by atoms with Crippen LogP contribution < -0.4 is 9.62 Å². The molecule has 5 rings (SSSR count). The molecule has 2 amide bonds. The van der Waals surface area contributed by atoms with Crippen LogP contribution in [0.25, 0.3) is 10.8 Å². The van der Waals surface area contributed by atoms with Crippen LogP contribution >= 0.6 is 11.6 Å². The van der Waals surface area contributed by atoms with E-state index in [-0.39, 0.29) is 42.6 Å². The summed E-state index contributed by atoms with van der Waals surface area (Å²) in [6, 6.07) is 26.9. The highest BCUT2D eigenvalue weighted by Crippen LogP contribution is 2.42. The molecule has 0 saturated heterocycles. The van der Waals surface area contributed by atoms with Crippen molar-refractivity contribution in [3.8, 4) is 0 Å². The second-order valence-corrected chi connectivity index (χ2v) is 14.2. The highest BCUT2D eigenvalue weighted by atomic mass is 35.5. The third kappa shape index (κ3) is 6.86. The van der Waals surface area contributed by atoms with E-state index < -0.39 is 21.6 Å². The van der Waals surface area contributed by atoms with Gasteiger partial charge < -0.3 is 10.2 Å². The normalized spacial score (nSPS) is 14.5. The van der Waals surface area contributed by atoms with Gasteiger partial charge >= 0.3 is 0 Å². The molecule has 1 atom stereocenters. The molecule has 0 aromatic heterocycles. The van der Waals surface area contributed by atoms with Crippen LogP contribution in [0.4, 0.5) is 5.69 Å². The summed E-state index contributed by atoms with van der Waals surface area (Å²) in [5.74, 6) is -0.492. The third-order valence-corrected chi connectivity index (χ3v) is 9.53. The third-order valence-electron chi connectivity index (χ3n) is 7.44. The van der Waals surface area contributed by atoms with Crippen molar-refractivity contribution < 1.29 is 18.0 Å². The van der Waals surface area contributed by atoms with Crippen molar-refractivity contribution in [2.75, 3.05) is 10.8 Å². The van der Waals surface area contributed by atoms with E-state index in [0.717, 1.165) is 16.5 Å². The summed E-state index contributed by atoms with van der Waals surface area (Å²) in [5, 5.41) is 5.17. The molecule has 0 bridgehead atoms. The van der Waals surface area contributed by atoms with E-state index >= 15 is 0 Å². The Balaban J connectivity index is 1.41. The van der Waals surface area contributed by atoms with Crippen molar-refractivity contribution >= 4 is 49.9 Å². The van der Waals surface area contributed by atoms with Crippen molar-refractivity contribution in [3.05, 3.63) is 107 Å². The smallest absolute Gasteiger partial charge is 0.265 e. The van der Waals surface area contributed by atoms with Crippen molar-refractivity contribution in [1.82, 2.24) is 10.2 Å². The molecule has 4 aromatic carbocycles. The van der Waals surface area contributed by atoms with Crippen molar-refractivity contribution in [2.24, 2.45) is 0 Å². The minimum atomic E-state index is -3.73. The second-order valence-electron chi connectivity index (χ2n) is 11.9. The molecule has 0 aliphatic carbocycles. The van der Waals surface area contributed by atoms with Gasteiger partial charge in [0.2, 0.25) is 11.8 Å². The number of hydrogen-bond donors (Lipinski definition) is 1. The molecule has 1 N–H and O–H groups in total. The molecule has 224 valence electrons. The highest BCUT2D eigenvalue weighted by Gasteiger charge is 2.36. The van der Waals surface area contributed by atoms with Gasteiger partial charge in [-0.15, -0.1) is 0 Å². The first-order chi connectivity index (χ1) is 20.4. The molecule has 1 heterocycles. The quantitative estimate of drug-likeness (QED) is 0.225. The SMILES string of the molecule is CC(C)(C)NC(=O)[C@H](Cc1ccccc1)N(Cc1cccc(Cl)c1)C(=O)CCCN1c2cccc3cccc(c23)S1(=O)=O. The van der Waals surface area contributed by atoms with Crippen LogP contribution in [-0.2, 0) is 32.6 Å². The molecule has 0 fully saturated rings. The number of anilines is 1. The van der Waals surface area contributed by atoms with Crippen LogP contribution in [0.15, 0.2) is 95.9 Å². The second kappa shape index (κ2) is 12.4. The number of benzene rings is 4. The van der Waals surface area contributed by atoms with Crippen LogP contribution in [0.1, 0.15) is 44.7 Å². The van der Waals surface area contributed by atoms with Crippen molar-refractivity contribution in [2.45, 2.75) is 63.1 Å². The molecule has 7 nitrogen and oxygen atoms in total. The summed E-state index contributed by atoms with van der Waals surface area (Å²) < 4.78 is 28.3. The van der Waals surface area contributed by atoms with Crippen LogP contribution in [0.5, 0.6) is 0 Å². The van der Waals surface area contributed by atoms with Gasteiger partial charge in [-0.25, -0.2) is 8.42 Å². The van der Waals surface area contributed by atoms with Gasteiger partial charge in [-0.3, -0.25) is 13.9 Å². The lowest BCUT2D eigenvalue weighted by atomic mass is 10.00. The number of hydrogen-bond acceptors (Lipinski definition) is 4. The monoisotopic (exact) mass is 617 g/mol. The zero-order valence-electron chi connectivity index (χ0n) is 24.6. The van der Waals surface area contributed by atoms with Gasteiger partial charge in [-0.2, -0.15) is 0 Å². The summed E-state index contributed by atoms with van der Waals surface area (Å²) in [6.45, 7) is 6.04. The Bertz CT molecular complexity index is 1750.